The average molecular weight is 390 g/mol. The van der Waals surface area contributed by atoms with Gasteiger partial charge in [-0.15, -0.1) is 22.7 Å². The van der Waals surface area contributed by atoms with Crippen LogP contribution >= 0.6 is 34.4 Å². The van der Waals surface area contributed by atoms with Gasteiger partial charge in [0.15, 0.2) is 5.13 Å². The minimum absolute atomic E-state index is 0.437. The lowest BCUT2D eigenvalue weighted by molar-refractivity contribution is 0.588. The minimum Gasteiger partial charge on any atom is -0.346 e. The maximum atomic E-state index is 11.1. The van der Waals surface area contributed by atoms with E-state index in [0.717, 1.165) is 28.8 Å². The van der Waals surface area contributed by atoms with Crippen LogP contribution in [0.5, 0.6) is 0 Å². The highest BCUT2D eigenvalue weighted by Gasteiger charge is 2.15. The Hall–Kier alpha value is -0.610. The fraction of sp³-hybridized carbons (Fsp3) is 0.500. The van der Waals surface area contributed by atoms with E-state index >= 15 is 0 Å². The van der Waals surface area contributed by atoms with Crippen LogP contribution in [0, 0.1) is 0 Å². The van der Waals surface area contributed by atoms with Gasteiger partial charge in [0.05, 0.1) is 16.8 Å². The number of rotatable bonds is 6. The molecule has 0 amide bonds. The Bertz CT molecular complexity index is 748. The standard InChI is InChI=1S/C14H19N3O2S4/c1-23(18,19)15-5-4-11-2-3-13(22-11)12-10-21-14(16-12)17-6-8-20-9-7-17/h2-3,10,15H,4-9H2,1H3. The first-order chi connectivity index (χ1) is 11.0. The highest BCUT2D eigenvalue weighted by Crippen LogP contribution is 2.33. The maximum Gasteiger partial charge on any atom is 0.208 e. The van der Waals surface area contributed by atoms with Crippen LogP contribution in [0.2, 0.25) is 0 Å². The number of sulfonamides is 1. The second kappa shape index (κ2) is 7.52. The normalized spacial score (nSPS) is 16.0. The number of aromatic nitrogens is 1. The number of thioether (sulfide) groups is 1. The lowest BCUT2D eigenvalue weighted by Gasteiger charge is -2.25. The molecule has 0 radical (unpaired) electrons. The van der Waals surface area contributed by atoms with Crippen molar-refractivity contribution in [1.82, 2.24) is 9.71 Å². The van der Waals surface area contributed by atoms with Crippen LogP contribution in [0.1, 0.15) is 4.88 Å². The maximum absolute atomic E-state index is 11.1. The van der Waals surface area contributed by atoms with Crippen molar-refractivity contribution in [2.24, 2.45) is 0 Å². The quantitative estimate of drug-likeness (QED) is 0.822. The molecule has 5 nitrogen and oxygen atoms in total. The molecule has 0 unspecified atom stereocenters. The molecule has 1 fully saturated rings. The van der Waals surface area contributed by atoms with Crippen LogP contribution in [0.25, 0.3) is 10.6 Å². The number of hydrogen-bond acceptors (Lipinski definition) is 7. The van der Waals surface area contributed by atoms with Gasteiger partial charge >= 0.3 is 0 Å². The third-order valence-electron chi connectivity index (χ3n) is 3.42. The lowest BCUT2D eigenvalue weighted by atomic mass is 10.3. The van der Waals surface area contributed by atoms with Crippen molar-refractivity contribution < 1.29 is 8.42 Å². The summed E-state index contributed by atoms with van der Waals surface area (Å²) >= 11 is 5.38. The largest absolute Gasteiger partial charge is 0.346 e. The molecule has 1 saturated heterocycles. The molecule has 0 saturated carbocycles. The third-order valence-corrected chi connectivity index (χ3v) is 7.16. The van der Waals surface area contributed by atoms with Crippen molar-refractivity contribution in [2.75, 3.05) is 42.3 Å². The van der Waals surface area contributed by atoms with Crippen molar-refractivity contribution in [3.05, 3.63) is 22.4 Å². The first-order valence-corrected chi connectivity index (χ1v) is 12.1. The first kappa shape index (κ1) is 17.2. The van der Waals surface area contributed by atoms with E-state index in [1.807, 2.05) is 11.8 Å². The number of thiazole rings is 1. The zero-order valence-corrected chi connectivity index (χ0v) is 16.1. The van der Waals surface area contributed by atoms with Crippen molar-refractivity contribution in [1.29, 1.82) is 0 Å². The van der Waals surface area contributed by atoms with E-state index in [0.29, 0.717) is 13.0 Å². The second-order valence-electron chi connectivity index (χ2n) is 5.30. The summed E-state index contributed by atoms with van der Waals surface area (Å²) in [4.78, 5) is 9.44. The molecule has 126 valence electrons. The van der Waals surface area contributed by atoms with E-state index in [-0.39, 0.29) is 0 Å². The van der Waals surface area contributed by atoms with Gasteiger partial charge in [-0.3, -0.25) is 0 Å². The average Bonchev–Trinajstić information content (AvgIpc) is 3.15. The topological polar surface area (TPSA) is 62.3 Å². The molecule has 3 rings (SSSR count). The van der Waals surface area contributed by atoms with E-state index < -0.39 is 10.0 Å². The Labute approximate surface area is 149 Å². The van der Waals surface area contributed by atoms with E-state index in [9.17, 15) is 8.42 Å². The van der Waals surface area contributed by atoms with E-state index in [2.05, 4.69) is 27.1 Å². The Morgan fingerprint density at radius 3 is 2.83 bits per heavy atom. The number of hydrogen-bond donors (Lipinski definition) is 1. The van der Waals surface area contributed by atoms with Crippen molar-refractivity contribution in [3.8, 4) is 10.6 Å². The molecular weight excluding hydrogens is 370 g/mol. The van der Waals surface area contributed by atoms with Crippen molar-refractivity contribution in [3.63, 3.8) is 0 Å². The van der Waals surface area contributed by atoms with Crippen LogP contribution in [-0.2, 0) is 16.4 Å². The molecule has 0 aliphatic carbocycles. The van der Waals surface area contributed by atoms with Crippen LogP contribution in [0.3, 0.4) is 0 Å². The summed E-state index contributed by atoms with van der Waals surface area (Å²) in [5.74, 6) is 2.34. The fourth-order valence-corrected chi connectivity index (χ4v) is 5.58. The predicted molar refractivity (Wildman–Crippen MR) is 102 cm³/mol. The monoisotopic (exact) mass is 389 g/mol. The summed E-state index contributed by atoms with van der Waals surface area (Å²) in [6.45, 7) is 2.58. The summed E-state index contributed by atoms with van der Waals surface area (Å²) in [5.41, 5.74) is 1.02. The highest BCUT2D eigenvalue weighted by molar-refractivity contribution is 7.99. The van der Waals surface area contributed by atoms with E-state index in [4.69, 9.17) is 4.98 Å². The summed E-state index contributed by atoms with van der Waals surface area (Å²) in [6.07, 6.45) is 1.89. The first-order valence-electron chi connectivity index (χ1n) is 7.33. The number of nitrogens with one attached hydrogen (secondary N) is 1. The minimum atomic E-state index is -3.11. The predicted octanol–water partition coefficient (Wildman–Crippen LogP) is 2.52. The Kier molecular flexibility index (Phi) is 5.63. The molecule has 3 heterocycles. The summed E-state index contributed by atoms with van der Waals surface area (Å²) in [6, 6.07) is 4.13. The Morgan fingerprint density at radius 1 is 1.30 bits per heavy atom. The number of nitrogens with zero attached hydrogens (tertiary/aromatic N) is 2. The SMILES string of the molecule is CS(=O)(=O)NCCc1ccc(-c2csc(N3CCSCC3)n2)s1. The summed E-state index contributed by atoms with van der Waals surface area (Å²) in [5, 5.41) is 3.22. The van der Waals surface area contributed by atoms with E-state index in [1.165, 1.54) is 22.6 Å². The molecule has 0 aromatic carbocycles. The van der Waals surface area contributed by atoms with Gasteiger partial charge in [-0.05, 0) is 18.6 Å². The molecule has 1 aliphatic rings. The second-order valence-corrected chi connectivity index (χ2v) is 10.4. The van der Waals surface area contributed by atoms with Gasteiger partial charge in [-0.1, -0.05) is 0 Å². The van der Waals surface area contributed by atoms with Gasteiger partial charge in [0.25, 0.3) is 0 Å². The number of thiophene rings is 1. The Balaban J connectivity index is 1.62. The van der Waals surface area contributed by atoms with Gasteiger partial charge in [0, 0.05) is 41.4 Å². The van der Waals surface area contributed by atoms with Gasteiger partial charge in [-0.25, -0.2) is 18.1 Å². The zero-order valence-electron chi connectivity index (χ0n) is 12.8. The van der Waals surface area contributed by atoms with Crippen LogP contribution in [0.4, 0.5) is 5.13 Å². The summed E-state index contributed by atoms with van der Waals surface area (Å²) in [7, 11) is -3.11. The van der Waals surface area contributed by atoms with E-state index in [1.54, 1.807) is 22.7 Å². The molecule has 0 atom stereocenters. The van der Waals surface area contributed by atoms with Crippen molar-refractivity contribution in [2.45, 2.75) is 6.42 Å². The van der Waals surface area contributed by atoms with Crippen molar-refractivity contribution >= 4 is 49.6 Å². The molecule has 2 aromatic heterocycles. The van der Waals surface area contributed by atoms with Crippen LogP contribution < -0.4 is 9.62 Å². The summed E-state index contributed by atoms with van der Waals surface area (Å²) < 4.78 is 24.7. The van der Waals surface area contributed by atoms with Gasteiger partial charge < -0.3 is 4.90 Å². The fourth-order valence-electron chi connectivity index (χ4n) is 2.29. The molecule has 1 N–H and O–H groups in total. The molecule has 1 aliphatic heterocycles. The molecule has 23 heavy (non-hydrogen) atoms. The van der Waals surface area contributed by atoms with Crippen LogP contribution in [0.15, 0.2) is 17.5 Å². The highest BCUT2D eigenvalue weighted by atomic mass is 32.2. The molecule has 2 aromatic rings. The van der Waals surface area contributed by atoms with Gasteiger partial charge in [0.2, 0.25) is 10.0 Å². The molecule has 0 spiro atoms. The number of anilines is 1. The van der Waals surface area contributed by atoms with Gasteiger partial charge in [0.1, 0.15) is 0 Å². The zero-order chi connectivity index (χ0) is 16.3. The smallest absolute Gasteiger partial charge is 0.208 e. The third kappa shape index (κ3) is 4.93. The van der Waals surface area contributed by atoms with Gasteiger partial charge in [-0.2, -0.15) is 11.8 Å². The lowest BCUT2D eigenvalue weighted by Crippen LogP contribution is -2.32. The molecular formula is C14H19N3O2S4. The van der Waals surface area contributed by atoms with Crippen LogP contribution in [-0.4, -0.2) is 50.8 Å². The molecule has 9 heteroatoms. The Morgan fingerprint density at radius 2 is 2.09 bits per heavy atom. The molecule has 0 bridgehead atoms.